The van der Waals surface area contributed by atoms with Crippen LogP contribution in [0.5, 0.6) is 0 Å². The normalized spacial score (nSPS) is 38.9. The van der Waals surface area contributed by atoms with E-state index in [0.717, 1.165) is 19.3 Å². The molecule has 4 aliphatic rings. The van der Waals surface area contributed by atoms with Gasteiger partial charge in [-0.3, -0.25) is 20.0 Å². The van der Waals surface area contributed by atoms with Crippen LogP contribution in [0.2, 0.25) is 5.02 Å². The van der Waals surface area contributed by atoms with Crippen molar-refractivity contribution in [3.63, 3.8) is 0 Å². The standard InChI is InChI=1S/C27H35ClN2O4/c1-14(2)17-10-9-16(4)23-18(17)11-15(3)12-22(23)33-25(31)21-13-27(32)19-7-6-8-20(28)24(19)30(5)34-26(27)29-21/h6-8,11,16-18,21-23,26,29,32H,1,9-10,12-13H2,2-5H3/t16?,17?,18?,21-,22?,23?,26+,27+/m0/s1. The van der Waals surface area contributed by atoms with Gasteiger partial charge in [0.15, 0.2) is 6.23 Å². The van der Waals surface area contributed by atoms with Gasteiger partial charge >= 0.3 is 5.97 Å². The molecule has 5 unspecified atom stereocenters. The number of anilines is 1. The molecule has 5 rings (SSSR count). The van der Waals surface area contributed by atoms with Crippen molar-refractivity contribution in [1.82, 2.24) is 5.32 Å². The Morgan fingerprint density at radius 2 is 2.15 bits per heavy atom. The van der Waals surface area contributed by atoms with E-state index in [4.69, 9.17) is 21.2 Å². The van der Waals surface area contributed by atoms with Crippen LogP contribution in [-0.2, 0) is 20.0 Å². The van der Waals surface area contributed by atoms with Crippen molar-refractivity contribution in [3.8, 4) is 0 Å². The SMILES string of the molecule is C=C(C)C1CCC(C)C2C(OC(=O)[C@@H]3C[C@@]4(O)c5cccc(Cl)c5N(C)O[C@H]4N3)CC(C)=CC12. The van der Waals surface area contributed by atoms with Crippen LogP contribution >= 0.6 is 11.6 Å². The number of allylic oxidation sites excluding steroid dienone is 2. The lowest BCUT2D eigenvalue weighted by Crippen LogP contribution is -2.51. The molecule has 0 bridgehead atoms. The number of carbonyl (C=O) groups excluding carboxylic acids is 1. The first-order valence-corrected chi connectivity index (χ1v) is 12.7. The molecule has 184 valence electrons. The second-order valence-corrected chi connectivity index (χ2v) is 11.2. The molecule has 0 spiro atoms. The summed E-state index contributed by atoms with van der Waals surface area (Å²) in [5.41, 5.74) is 2.38. The van der Waals surface area contributed by atoms with E-state index in [9.17, 15) is 9.90 Å². The van der Waals surface area contributed by atoms with Crippen molar-refractivity contribution in [2.45, 2.75) is 70.4 Å². The van der Waals surface area contributed by atoms with Crippen LogP contribution in [0.4, 0.5) is 5.69 Å². The number of hydroxylamine groups is 1. The summed E-state index contributed by atoms with van der Waals surface area (Å²) in [5, 5.41) is 16.8. The smallest absolute Gasteiger partial charge is 0.323 e. The molecule has 1 saturated carbocycles. The summed E-state index contributed by atoms with van der Waals surface area (Å²) < 4.78 is 6.22. The molecule has 2 N–H and O–H groups in total. The number of para-hydroxylation sites is 1. The number of carbonyl (C=O) groups is 1. The summed E-state index contributed by atoms with van der Waals surface area (Å²) in [6.07, 6.45) is 4.61. The number of nitrogens with one attached hydrogen (secondary N) is 1. The number of halogens is 1. The monoisotopic (exact) mass is 486 g/mol. The Morgan fingerprint density at radius 1 is 1.38 bits per heavy atom. The average Bonchev–Trinajstić information content (AvgIpc) is 3.11. The van der Waals surface area contributed by atoms with Gasteiger partial charge < -0.3 is 9.84 Å². The first-order chi connectivity index (χ1) is 16.1. The van der Waals surface area contributed by atoms with Crippen LogP contribution in [0, 0.1) is 23.7 Å². The van der Waals surface area contributed by atoms with Crippen LogP contribution in [-0.4, -0.2) is 36.5 Å². The first kappa shape index (κ1) is 23.9. The third-order valence-electron chi connectivity index (χ3n) is 8.45. The molecule has 0 radical (unpaired) electrons. The predicted octanol–water partition coefficient (Wildman–Crippen LogP) is 4.71. The van der Waals surface area contributed by atoms with Crippen molar-refractivity contribution in [2.75, 3.05) is 12.1 Å². The quantitative estimate of drug-likeness (QED) is 0.476. The number of rotatable bonds is 3. The van der Waals surface area contributed by atoms with E-state index in [-0.39, 0.29) is 24.4 Å². The van der Waals surface area contributed by atoms with E-state index in [1.807, 2.05) is 6.07 Å². The number of hydrogen-bond donors (Lipinski definition) is 2. The van der Waals surface area contributed by atoms with Gasteiger partial charge in [-0.1, -0.05) is 54.5 Å². The minimum Gasteiger partial charge on any atom is -0.461 e. The summed E-state index contributed by atoms with van der Waals surface area (Å²) >= 11 is 6.39. The van der Waals surface area contributed by atoms with Crippen molar-refractivity contribution in [1.29, 1.82) is 0 Å². The van der Waals surface area contributed by atoms with E-state index in [1.54, 1.807) is 24.2 Å². The Morgan fingerprint density at radius 3 is 2.88 bits per heavy atom. The van der Waals surface area contributed by atoms with Gasteiger partial charge in [0.2, 0.25) is 0 Å². The third kappa shape index (κ3) is 3.79. The maximum Gasteiger partial charge on any atom is 0.323 e. The highest BCUT2D eigenvalue weighted by Crippen LogP contribution is 2.50. The molecule has 1 saturated heterocycles. The lowest BCUT2D eigenvalue weighted by molar-refractivity contribution is -0.158. The van der Waals surface area contributed by atoms with Crippen LogP contribution < -0.4 is 10.4 Å². The van der Waals surface area contributed by atoms with Crippen molar-refractivity contribution in [2.24, 2.45) is 23.7 Å². The van der Waals surface area contributed by atoms with Gasteiger partial charge in [-0.15, -0.1) is 0 Å². The zero-order chi connectivity index (χ0) is 24.4. The van der Waals surface area contributed by atoms with Crippen molar-refractivity contribution in [3.05, 3.63) is 52.6 Å². The zero-order valence-corrected chi connectivity index (χ0v) is 21.1. The number of fused-ring (bicyclic) bond motifs is 4. The molecule has 0 aromatic heterocycles. The molecule has 1 aromatic rings. The van der Waals surface area contributed by atoms with E-state index in [1.165, 1.54) is 11.1 Å². The fraction of sp³-hybridized carbons (Fsp3) is 0.593. The van der Waals surface area contributed by atoms with Crippen molar-refractivity contribution >= 4 is 23.3 Å². The maximum atomic E-state index is 13.4. The molecule has 6 nitrogen and oxygen atoms in total. The Kier molecular flexibility index (Phi) is 6.08. The highest BCUT2D eigenvalue weighted by molar-refractivity contribution is 6.33. The maximum absolute atomic E-state index is 13.4. The summed E-state index contributed by atoms with van der Waals surface area (Å²) in [6.45, 7) is 10.8. The molecule has 2 aliphatic carbocycles. The van der Waals surface area contributed by atoms with E-state index >= 15 is 0 Å². The lowest BCUT2D eigenvalue weighted by Gasteiger charge is -2.47. The van der Waals surface area contributed by atoms with Crippen LogP contribution in [0.25, 0.3) is 0 Å². The number of esters is 1. The molecule has 7 heteroatoms. The van der Waals surface area contributed by atoms with Gasteiger partial charge in [-0.2, -0.15) is 0 Å². The van der Waals surface area contributed by atoms with Gasteiger partial charge in [0, 0.05) is 31.4 Å². The highest BCUT2D eigenvalue weighted by Gasteiger charge is 2.56. The molecule has 2 heterocycles. The second-order valence-electron chi connectivity index (χ2n) is 10.8. The Bertz CT molecular complexity index is 1040. The number of hydrogen-bond acceptors (Lipinski definition) is 6. The van der Waals surface area contributed by atoms with Crippen LogP contribution in [0.15, 0.2) is 42.0 Å². The topological polar surface area (TPSA) is 71.0 Å². The van der Waals surface area contributed by atoms with Gasteiger partial charge in [-0.05, 0) is 50.5 Å². The lowest BCUT2D eigenvalue weighted by atomic mass is 9.60. The summed E-state index contributed by atoms with van der Waals surface area (Å²) in [5.74, 6) is 1.19. The Hall–Kier alpha value is -1.86. The second kappa shape index (κ2) is 8.66. The minimum absolute atomic E-state index is 0.164. The van der Waals surface area contributed by atoms with Gasteiger partial charge in [-0.25, -0.2) is 0 Å². The summed E-state index contributed by atoms with van der Waals surface area (Å²) in [7, 11) is 1.75. The zero-order valence-electron chi connectivity index (χ0n) is 20.4. The van der Waals surface area contributed by atoms with Gasteiger partial charge in [0.05, 0.1) is 10.7 Å². The van der Waals surface area contributed by atoms with E-state index in [2.05, 4.69) is 38.7 Å². The minimum atomic E-state index is -1.37. The summed E-state index contributed by atoms with van der Waals surface area (Å²) in [6, 6.07) is 4.73. The van der Waals surface area contributed by atoms with E-state index < -0.39 is 17.9 Å². The number of aliphatic hydroxyl groups is 1. The molecule has 8 atom stereocenters. The number of nitrogens with zero attached hydrogens (tertiary/aromatic N) is 1. The molecule has 2 fully saturated rings. The molecule has 34 heavy (non-hydrogen) atoms. The molecule has 1 aromatic carbocycles. The Labute approximate surface area is 206 Å². The average molecular weight is 487 g/mol. The highest BCUT2D eigenvalue weighted by atomic mass is 35.5. The van der Waals surface area contributed by atoms with Crippen LogP contribution in [0.3, 0.4) is 0 Å². The number of benzene rings is 1. The van der Waals surface area contributed by atoms with Crippen molar-refractivity contribution < 1.29 is 19.5 Å². The van der Waals surface area contributed by atoms with Crippen LogP contribution in [0.1, 0.15) is 52.0 Å². The Balaban J connectivity index is 1.36. The molecular formula is C27H35ClN2O4. The fourth-order valence-electron chi connectivity index (χ4n) is 6.81. The molecule has 0 amide bonds. The largest absolute Gasteiger partial charge is 0.461 e. The third-order valence-corrected chi connectivity index (χ3v) is 8.75. The predicted molar refractivity (Wildman–Crippen MR) is 132 cm³/mol. The number of ether oxygens (including phenoxy) is 1. The molecular weight excluding hydrogens is 452 g/mol. The molecule has 2 aliphatic heterocycles. The fourth-order valence-corrected chi connectivity index (χ4v) is 7.10. The van der Waals surface area contributed by atoms with E-state index in [0.29, 0.717) is 34.0 Å². The van der Waals surface area contributed by atoms with Gasteiger partial charge in [0.1, 0.15) is 17.7 Å². The van der Waals surface area contributed by atoms with Gasteiger partial charge in [0.25, 0.3) is 0 Å². The first-order valence-electron chi connectivity index (χ1n) is 12.3. The summed E-state index contributed by atoms with van der Waals surface area (Å²) in [4.78, 5) is 19.3.